The quantitative estimate of drug-likeness (QED) is 0.0261. The normalized spacial score (nSPS) is 13.0. The van der Waals surface area contributed by atoms with E-state index in [4.69, 9.17) is 14.2 Å². The molecular formula is C66H108O6. The molecule has 0 saturated heterocycles. The minimum atomic E-state index is -0.799. The molecule has 0 aromatic carbocycles. The molecule has 0 spiro atoms. The third-order valence-electron chi connectivity index (χ3n) is 12.2. The summed E-state index contributed by atoms with van der Waals surface area (Å²) in [6, 6.07) is 0. The number of unbranched alkanes of at least 4 members (excludes halogenated alkanes) is 21. The smallest absolute Gasteiger partial charge is 0.306 e. The molecule has 6 nitrogen and oxygen atoms in total. The molecule has 0 aliphatic rings. The molecule has 1 unspecified atom stereocenters. The number of carbonyl (C=O) groups is 3. The average Bonchev–Trinajstić information content (AvgIpc) is 3.38. The monoisotopic (exact) mass is 997 g/mol. The first-order valence-corrected chi connectivity index (χ1v) is 29.5. The lowest BCUT2D eigenvalue weighted by molar-refractivity contribution is -0.167. The van der Waals surface area contributed by atoms with Gasteiger partial charge in [-0.25, -0.2) is 0 Å². The zero-order chi connectivity index (χ0) is 52.2. The van der Waals surface area contributed by atoms with Crippen LogP contribution in [0.4, 0.5) is 0 Å². The third kappa shape index (κ3) is 56.7. The van der Waals surface area contributed by atoms with Crippen LogP contribution in [0, 0.1) is 0 Å². The number of allylic oxidation sites excluding steroid dienone is 20. The molecule has 72 heavy (non-hydrogen) atoms. The Morgan fingerprint density at radius 1 is 0.292 bits per heavy atom. The summed E-state index contributed by atoms with van der Waals surface area (Å²) in [7, 11) is 0. The summed E-state index contributed by atoms with van der Waals surface area (Å²) in [4.78, 5) is 38.1. The van der Waals surface area contributed by atoms with E-state index in [1.54, 1.807) is 0 Å². The summed E-state index contributed by atoms with van der Waals surface area (Å²) >= 11 is 0. The van der Waals surface area contributed by atoms with E-state index < -0.39 is 6.10 Å². The van der Waals surface area contributed by atoms with Gasteiger partial charge in [-0.15, -0.1) is 0 Å². The van der Waals surface area contributed by atoms with Crippen LogP contribution in [-0.2, 0) is 28.6 Å². The molecule has 0 rings (SSSR count). The van der Waals surface area contributed by atoms with Crippen LogP contribution in [0.25, 0.3) is 0 Å². The average molecular weight is 998 g/mol. The topological polar surface area (TPSA) is 78.9 Å². The number of hydrogen-bond donors (Lipinski definition) is 0. The first kappa shape index (κ1) is 67.8. The second-order valence-electron chi connectivity index (χ2n) is 19.1. The zero-order valence-corrected chi connectivity index (χ0v) is 46.7. The molecule has 0 aliphatic heterocycles. The first-order valence-electron chi connectivity index (χ1n) is 29.5. The minimum absolute atomic E-state index is 0.0937. The highest BCUT2D eigenvalue weighted by molar-refractivity contribution is 5.71. The fraction of sp³-hybridized carbons (Fsp3) is 0.652. The van der Waals surface area contributed by atoms with Crippen LogP contribution in [-0.4, -0.2) is 37.2 Å². The Hall–Kier alpha value is -4.19. The highest BCUT2D eigenvalue weighted by Crippen LogP contribution is 2.15. The summed E-state index contributed by atoms with van der Waals surface area (Å²) in [5, 5.41) is 0. The molecule has 0 heterocycles. The van der Waals surface area contributed by atoms with Crippen LogP contribution >= 0.6 is 0 Å². The predicted molar refractivity (Wildman–Crippen MR) is 311 cm³/mol. The SMILES string of the molecule is CC/C=C\C/C=C\C/C=C\C/C=C\C/C=C\C/C=C\C/C=C\CCCCCCCCCC(=O)OCC(COC(=O)CCCCCCCCCCCCCC)OC(=O)CCCCC/C=C\C/C=C\C/C=C\CC. The number of hydrogen-bond acceptors (Lipinski definition) is 6. The molecule has 408 valence electrons. The molecule has 0 aliphatic carbocycles. The van der Waals surface area contributed by atoms with Crippen LogP contribution in [0.5, 0.6) is 0 Å². The molecule has 0 saturated carbocycles. The highest BCUT2D eigenvalue weighted by Gasteiger charge is 2.19. The second-order valence-corrected chi connectivity index (χ2v) is 19.1. The zero-order valence-electron chi connectivity index (χ0n) is 46.7. The van der Waals surface area contributed by atoms with Crippen molar-refractivity contribution in [1.29, 1.82) is 0 Å². The van der Waals surface area contributed by atoms with E-state index >= 15 is 0 Å². The van der Waals surface area contributed by atoms with Gasteiger partial charge in [0.1, 0.15) is 13.2 Å². The molecule has 0 N–H and O–H groups in total. The van der Waals surface area contributed by atoms with E-state index in [1.807, 2.05) is 0 Å². The molecule has 0 bridgehead atoms. The van der Waals surface area contributed by atoms with Crippen molar-refractivity contribution in [2.24, 2.45) is 0 Å². The predicted octanol–water partition coefficient (Wildman–Crippen LogP) is 20.0. The molecule has 0 aromatic rings. The van der Waals surface area contributed by atoms with Gasteiger partial charge in [0.05, 0.1) is 0 Å². The van der Waals surface area contributed by atoms with Crippen molar-refractivity contribution < 1.29 is 28.6 Å². The van der Waals surface area contributed by atoms with Crippen LogP contribution in [0.15, 0.2) is 122 Å². The summed E-state index contributed by atoms with van der Waals surface area (Å²) in [5.41, 5.74) is 0. The Balaban J connectivity index is 4.30. The molecular weight excluding hydrogens is 889 g/mol. The van der Waals surface area contributed by atoms with Crippen molar-refractivity contribution in [2.75, 3.05) is 13.2 Å². The van der Waals surface area contributed by atoms with Gasteiger partial charge in [-0.3, -0.25) is 14.4 Å². The molecule has 0 fully saturated rings. The lowest BCUT2D eigenvalue weighted by Gasteiger charge is -2.18. The molecule has 1 atom stereocenters. The Kier molecular flexibility index (Phi) is 55.9. The van der Waals surface area contributed by atoms with Gasteiger partial charge in [-0.05, 0) is 109 Å². The van der Waals surface area contributed by atoms with Crippen molar-refractivity contribution in [3.05, 3.63) is 122 Å². The van der Waals surface area contributed by atoms with Gasteiger partial charge in [0.15, 0.2) is 6.10 Å². The van der Waals surface area contributed by atoms with Gasteiger partial charge < -0.3 is 14.2 Å². The van der Waals surface area contributed by atoms with Gasteiger partial charge >= 0.3 is 17.9 Å². The first-order chi connectivity index (χ1) is 35.5. The summed E-state index contributed by atoms with van der Waals surface area (Å²) in [6.07, 6.45) is 82.0. The van der Waals surface area contributed by atoms with Crippen LogP contribution < -0.4 is 0 Å². The molecule has 0 aromatic heterocycles. The van der Waals surface area contributed by atoms with Crippen LogP contribution in [0.2, 0.25) is 0 Å². The Bertz CT molecular complexity index is 1520. The van der Waals surface area contributed by atoms with Crippen LogP contribution in [0.3, 0.4) is 0 Å². The van der Waals surface area contributed by atoms with Crippen LogP contribution in [0.1, 0.15) is 258 Å². The maximum atomic E-state index is 12.8. The maximum Gasteiger partial charge on any atom is 0.306 e. The highest BCUT2D eigenvalue weighted by atomic mass is 16.6. The van der Waals surface area contributed by atoms with Crippen molar-refractivity contribution in [2.45, 2.75) is 264 Å². The van der Waals surface area contributed by atoms with Gasteiger partial charge in [0.2, 0.25) is 0 Å². The number of rotatable bonds is 52. The van der Waals surface area contributed by atoms with E-state index in [0.717, 1.165) is 135 Å². The Morgan fingerprint density at radius 3 is 0.861 bits per heavy atom. The Morgan fingerprint density at radius 2 is 0.542 bits per heavy atom. The minimum Gasteiger partial charge on any atom is -0.462 e. The summed E-state index contributed by atoms with van der Waals surface area (Å²) < 4.78 is 16.8. The lowest BCUT2D eigenvalue weighted by atomic mass is 10.0. The number of ether oxygens (including phenoxy) is 3. The van der Waals surface area contributed by atoms with Crippen molar-refractivity contribution >= 4 is 17.9 Å². The summed E-state index contributed by atoms with van der Waals surface area (Å²) in [5.74, 6) is -0.936. The number of carbonyl (C=O) groups excluding carboxylic acids is 3. The van der Waals surface area contributed by atoms with Gasteiger partial charge in [-0.1, -0.05) is 251 Å². The van der Waals surface area contributed by atoms with E-state index in [9.17, 15) is 14.4 Å². The fourth-order valence-corrected chi connectivity index (χ4v) is 7.85. The van der Waals surface area contributed by atoms with E-state index in [0.29, 0.717) is 12.8 Å². The number of esters is 3. The van der Waals surface area contributed by atoms with Crippen molar-refractivity contribution in [1.82, 2.24) is 0 Å². The molecule has 0 amide bonds. The van der Waals surface area contributed by atoms with Gasteiger partial charge in [-0.2, -0.15) is 0 Å². The fourth-order valence-electron chi connectivity index (χ4n) is 7.85. The summed E-state index contributed by atoms with van der Waals surface area (Å²) in [6.45, 7) is 6.37. The standard InChI is InChI=1S/C66H108O6/c1-4-7-10-13-16-19-22-25-26-27-28-29-30-31-32-33-34-35-36-37-38-39-40-42-44-47-50-53-56-59-65(68)71-62-63(61-70-64(67)58-55-52-49-46-43-24-21-18-15-12-9-6-3)72-66(69)60-57-54-51-48-45-41-23-20-17-14-11-8-5-2/h7-8,10-11,16-17,19-20,25-26,28-29,31-32,34-35,37-38,41,45,63H,4-6,9,12-15,18,21-24,27,30,33,36,39-40,42-44,46-62H2,1-3H3/b10-7-,11-8-,19-16-,20-17-,26-25-,29-28-,32-31-,35-34-,38-37-,45-41-. The van der Waals surface area contributed by atoms with E-state index in [2.05, 4.69) is 142 Å². The van der Waals surface area contributed by atoms with E-state index in [1.165, 1.54) is 83.5 Å². The van der Waals surface area contributed by atoms with Crippen molar-refractivity contribution in [3.63, 3.8) is 0 Å². The largest absolute Gasteiger partial charge is 0.462 e. The third-order valence-corrected chi connectivity index (χ3v) is 12.2. The van der Waals surface area contributed by atoms with Gasteiger partial charge in [0, 0.05) is 19.3 Å². The molecule has 0 radical (unpaired) electrons. The van der Waals surface area contributed by atoms with Crippen molar-refractivity contribution in [3.8, 4) is 0 Å². The Labute approximate surface area is 443 Å². The second kappa shape index (κ2) is 59.4. The maximum absolute atomic E-state index is 12.8. The van der Waals surface area contributed by atoms with Gasteiger partial charge in [0.25, 0.3) is 0 Å². The lowest BCUT2D eigenvalue weighted by Crippen LogP contribution is -2.30. The molecule has 6 heteroatoms. The van der Waals surface area contributed by atoms with E-state index in [-0.39, 0.29) is 37.5 Å².